The highest BCUT2D eigenvalue weighted by atomic mass is 32.2. The van der Waals surface area contributed by atoms with Crippen LogP contribution in [0.1, 0.15) is 22.7 Å². The first kappa shape index (κ1) is 15.1. The molecular formula is C15H20N2O4S. The molecule has 0 spiro atoms. The summed E-state index contributed by atoms with van der Waals surface area (Å²) in [4.78, 5) is 13.8. The number of rotatable bonds is 1. The first-order chi connectivity index (χ1) is 10.4. The third-order valence-electron chi connectivity index (χ3n) is 4.41. The molecule has 3 rings (SSSR count). The van der Waals surface area contributed by atoms with Crippen LogP contribution in [0.5, 0.6) is 5.75 Å². The summed E-state index contributed by atoms with van der Waals surface area (Å²) in [7, 11) is -2.98. The van der Waals surface area contributed by atoms with Crippen molar-refractivity contribution in [2.45, 2.75) is 19.9 Å². The second-order valence-corrected chi connectivity index (χ2v) is 8.18. The summed E-state index contributed by atoms with van der Waals surface area (Å²) in [5.41, 5.74) is 3.24. The van der Waals surface area contributed by atoms with Gasteiger partial charge in [-0.05, 0) is 25.0 Å². The SMILES string of the molecule is Cc1ccc2c(c1C)OC[C@H]2NC(=O)N1CCS(=O)(=O)CC1. The van der Waals surface area contributed by atoms with Crippen LogP contribution in [0.3, 0.4) is 0 Å². The fraction of sp³-hybridized carbons (Fsp3) is 0.533. The summed E-state index contributed by atoms with van der Waals surface area (Å²) < 4.78 is 28.6. The molecule has 1 saturated heterocycles. The standard InChI is InChI=1S/C15H20N2O4S/c1-10-3-4-12-13(9-21-14(12)11(10)2)16-15(18)17-5-7-22(19,20)8-6-17/h3-4,13H,5-9H2,1-2H3,(H,16,18)/t13-/m1/s1. The maximum absolute atomic E-state index is 12.3. The Hall–Kier alpha value is -1.76. The highest BCUT2D eigenvalue weighted by Crippen LogP contribution is 2.36. The zero-order valence-electron chi connectivity index (χ0n) is 12.8. The number of urea groups is 1. The van der Waals surface area contributed by atoms with Gasteiger partial charge in [-0.25, -0.2) is 13.2 Å². The number of aryl methyl sites for hydroxylation is 1. The molecule has 2 amide bonds. The number of nitrogens with zero attached hydrogens (tertiary/aromatic N) is 1. The van der Waals surface area contributed by atoms with E-state index in [0.29, 0.717) is 6.61 Å². The molecule has 2 heterocycles. The number of hydrogen-bond donors (Lipinski definition) is 1. The Labute approximate surface area is 130 Å². The lowest BCUT2D eigenvalue weighted by atomic mass is 10.0. The number of carbonyl (C=O) groups is 1. The minimum atomic E-state index is -2.98. The van der Waals surface area contributed by atoms with Gasteiger partial charge in [0.15, 0.2) is 9.84 Å². The van der Waals surface area contributed by atoms with E-state index in [1.54, 1.807) is 4.90 Å². The summed E-state index contributed by atoms with van der Waals surface area (Å²) in [5, 5.41) is 2.95. The van der Waals surface area contributed by atoms with Crippen molar-refractivity contribution in [2.24, 2.45) is 0 Å². The molecule has 6 nitrogen and oxygen atoms in total. The van der Waals surface area contributed by atoms with Gasteiger partial charge in [-0.2, -0.15) is 0 Å². The second-order valence-electron chi connectivity index (χ2n) is 5.88. The van der Waals surface area contributed by atoms with E-state index in [-0.39, 0.29) is 36.7 Å². The van der Waals surface area contributed by atoms with Crippen molar-refractivity contribution in [2.75, 3.05) is 31.2 Å². The fourth-order valence-electron chi connectivity index (χ4n) is 2.81. The first-order valence-corrected chi connectivity index (χ1v) is 9.18. The number of nitrogens with one attached hydrogen (secondary N) is 1. The smallest absolute Gasteiger partial charge is 0.318 e. The molecule has 2 aliphatic rings. The van der Waals surface area contributed by atoms with Gasteiger partial charge in [0.05, 0.1) is 17.5 Å². The maximum Gasteiger partial charge on any atom is 0.318 e. The Balaban J connectivity index is 1.69. The van der Waals surface area contributed by atoms with Crippen molar-refractivity contribution in [1.82, 2.24) is 10.2 Å². The fourth-order valence-corrected chi connectivity index (χ4v) is 4.01. The molecule has 1 atom stereocenters. The summed E-state index contributed by atoms with van der Waals surface area (Å²) in [5.74, 6) is 0.930. The van der Waals surface area contributed by atoms with Crippen LogP contribution >= 0.6 is 0 Å². The molecule has 1 fully saturated rings. The number of carbonyl (C=O) groups excluding carboxylic acids is 1. The predicted octanol–water partition coefficient (Wildman–Crippen LogP) is 1.18. The van der Waals surface area contributed by atoms with Crippen molar-refractivity contribution >= 4 is 15.9 Å². The number of ether oxygens (including phenoxy) is 1. The molecule has 0 saturated carbocycles. The molecule has 120 valence electrons. The van der Waals surface area contributed by atoms with Crippen LogP contribution in [-0.2, 0) is 9.84 Å². The zero-order valence-corrected chi connectivity index (χ0v) is 13.6. The number of sulfone groups is 1. The molecule has 0 bridgehead atoms. The average molecular weight is 324 g/mol. The van der Waals surface area contributed by atoms with Gasteiger partial charge in [0.25, 0.3) is 0 Å². The maximum atomic E-state index is 12.3. The van der Waals surface area contributed by atoms with Gasteiger partial charge < -0.3 is 15.0 Å². The molecule has 2 aliphatic heterocycles. The largest absolute Gasteiger partial charge is 0.490 e. The van der Waals surface area contributed by atoms with Gasteiger partial charge in [0.2, 0.25) is 0 Å². The Morgan fingerprint density at radius 3 is 2.64 bits per heavy atom. The van der Waals surface area contributed by atoms with E-state index in [0.717, 1.165) is 22.4 Å². The van der Waals surface area contributed by atoms with E-state index in [2.05, 4.69) is 5.32 Å². The van der Waals surface area contributed by atoms with Crippen molar-refractivity contribution in [3.63, 3.8) is 0 Å². The van der Waals surface area contributed by atoms with Crippen molar-refractivity contribution in [1.29, 1.82) is 0 Å². The van der Waals surface area contributed by atoms with E-state index >= 15 is 0 Å². The second kappa shape index (κ2) is 5.46. The third kappa shape index (κ3) is 2.77. The van der Waals surface area contributed by atoms with Gasteiger partial charge in [0.1, 0.15) is 12.4 Å². The lowest BCUT2D eigenvalue weighted by Gasteiger charge is -2.28. The average Bonchev–Trinajstić information content (AvgIpc) is 2.86. The topological polar surface area (TPSA) is 75.7 Å². The molecule has 7 heteroatoms. The van der Waals surface area contributed by atoms with Gasteiger partial charge in [-0.3, -0.25) is 0 Å². The van der Waals surface area contributed by atoms with Gasteiger partial charge >= 0.3 is 6.03 Å². The molecule has 0 aliphatic carbocycles. The predicted molar refractivity (Wildman–Crippen MR) is 82.9 cm³/mol. The summed E-state index contributed by atoms with van der Waals surface area (Å²) >= 11 is 0. The molecule has 1 N–H and O–H groups in total. The minimum absolute atomic E-state index is 0.0382. The van der Waals surface area contributed by atoms with Crippen molar-refractivity contribution < 1.29 is 17.9 Å². The van der Waals surface area contributed by atoms with Crippen LogP contribution in [0.25, 0.3) is 0 Å². The van der Waals surface area contributed by atoms with Crippen LogP contribution < -0.4 is 10.1 Å². The van der Waals surface area contributed by atoms with E-state index in [1.165, 1.54) is 0 Å². The monoisotopic (exact) mass is 324 g/mol. The Morgan fingerprint density at radius 2 is 1.95 bits per heavy atom. The van der Waals surface area contributed by atoms with Gasteiger partial charge in [0, 0.05) is 18.7 Å². The molecule has 0 radical (unpaired) electrons. The van der Waals surface area contributed by atoms with Gasteiger partial charge in [-0.15, -0.1) is 0 Å². The highest BCUT2D eigenvalue weighted by molar-refractivity contribution is 7.91. The number of fused-ring (bicyclic) bond motifs is 1. The normalized spacial score (nSPS) is 22.8. The molecule has 0 aromatic heterocycles. The van der Waals surface area contributed by atoms with E-state index in [9.17, 15) is 13.2 Å². The molecular weight excluding hydrogens is 304 g/mol. The van der Waals surface area contributed by atoms with E-state index < -0.39 is 9.84 Å². The molecule has 0 unspecified atom stereocenters. The Kier molecular flexibility index (Phi) is 3.76. The summed E-state index contributed by atoms with van der Waals surface area (Å²) in [6.07, 6.45) is 0. The Morgan fingerprint density at radius 1 is 1.27 bits per heavy atom. The van der Waals surface area contributed by atoms with Crippen molar-refractivity contribution in [3.05, 3.63) is 28.8 Å². The summed E-state index contributed by atoms with van der Waals surface area (Å²) in [6.45, 7) is 4.95. The highest BCUT2D eigenvalue weighted by Gasteiger charge is 2.31. The Bertz CT molecular complexity index is 700. The van der Waals surface area contributed by atoms with Crippen molar-refractivity contribution in [3.8, 4) is 5.75 Å². The number of hydrogen-bond acceptors (Lipinski definition) is 4. The van der Waals surface area contributed by atoms with Gasteiger partial charge in [-0.1, -0.05) is 12.1 Å². The summed E-state index contributed by atoms with van der Waals surface area (Å²) in [6, 6.07) is 3.60. The molecule has 1 aromatic rings. The van der Waals surface area contributed by atoms with E-state index in [4.69, 9.17) is 4.74 Å². The van der Waals surface area contributed by atoms with Crippen LogP contribution in [0.2, 0.25) is 0 Å². The quantitative estimate of drug-likeness (QED) is 0.841. The van der Waals surface area contributed by atoms with Crippen LogP contribution in [0.15, 0.2) is 12.1 Å². The minimum Gasteiger partial charge on any atom is -0.490 e. The van der Waals surface area contributed by atoms with E-state index in [1.807, 2.05) is 26.0 Å². The van der Waals surface area contributed by atoms with Crippen LogP contribution in [0.4, 0.5) is 4.79 Å². The van der Waals surface area contributed by atoms with Crippen LogP contribution in [0, 0.1) is 13.8 Å². The third-order valence-corrected chi connectivity index (χ3v) is 6.02. The number of benzene rings is 1. The lowest BCUT2D eigenvalue weighted by molar-refractivity contribution is 0.194. The lowest BCUT2D eigenvalue weighted by Crippen LogP contribution is -2.49. The molecule has 22 heavy (non-hydrogen) atoms. The first-order valence-electron chi connectivity index (χ1n) is 7.36. The zero-order chi connectivity index (χ0) is 15.9. The molecule has 1 aromatic carbocycles. The van der Waals surface area contributed by atoms with Crippen LogP contribution in [-0.4, -0.2) is 50.6 Å². The number of amides is 2.